The van der Waals surface area contributed by atoms with Crippen LogP contribution in [0.15, 0.2) is 97.2 Å². The third-order valence-electron chi connectivity index (χ3n) is 6.95. The minimum Gasteiger partial charge on any atom is -0.484 e. The summed E-state index contributed by atoms with van der Waals surface area (Å²) in [5.41, 5.74) is 4.98. The highest BCUT2D eigenvalue weighted by molar-refractivity contribution is 6.00. The van der Waals surface area contributed by atoms with Crippen LogP contribution in [0.25, 0.3) is 5.69 Å². The van der Waals surface area contributed by atoms with Crippen molar-refractivity contribution >= 4 is 17.5 Å². The standard InChI is InChI=1S/C32H33N3O3/c1-3-4-20-33(31(37)23-38-26-11-6-5-7-12-26)22-30(36)35-28-14-9-8-13-27(28)34-21-10-15-29(34)32(35)25-18-16-24(2)17-19-25/h5-19,21,32H,3-4,20,22-23H2,1-2H3. The molecule has 0 radical (unpaired) electrons. The molecule has 4 aromatic rings. The van der Waals surface area contributed by atoms with Crippen LogP contribution >= 0.6 is 0 Å². The largest absolute Gasteiger partial charge is 0.484 e. The molecule has 1 aliphatic rings. The fourth-order valence-corrected chi connectivity index (χ4v) is 4.96. The molecule has 1 unspecified atom stereocenters. The smallest absolute Gasteiger partial charge is 0.260 e. The zero-order valence-electron chi connectivity index (χ0n) is 21.9. The lowest BCUT2D eigenvalue weighted by atomic mass is 9.97. The predicted octanol–water partition coefficient (Wildman–Crippen LogP) is 5.93. The van der Waals surface area contributed by atoms with Gasteiger partial charge in [0.15, 0.2) is 6.61 Å². The Hall–Kier alpha value is -4.32. The van der Waals surface area contributed by atoms with E-state index in [4.69, 9.17) is 4.74 Å². The van der Waals surface area contributed by atoms with E-state index in [1.54, 1.807) is 4.90 Å². The molecule has 1 atom stereocenters. The molecular formula is C32H33N3O3. The monoisotopic (exact) mass is 507 g/mol. The van der Waals surface area contributed by atoms with Gasteiger partial charge in [-0.1, -0.05) is 73.5 Å². The van der Waals surface area contributed by atoms with Crippen LogP contribution in [0.5, 0.6) is 5.75 Å². The van der Waals surface area contributed by atoms with E-state index in [1.807, 2.05) is 71.8 Å². The summed E-state index contributed by atoms with van der Waals surface area (Å²) in [4.78, 5) is 30.9. The number of fused-ring (bicyclic) bond motifs is 3. The molecular weight excluding hydrogens is 474 g/mol. The number of hydrogen-bond donors (Lipinski definition) is 0. The van der Waals surface area contributed by atoms with E-state index >= 15 is 0 Å². The van der Waals surface area contributed by atoms with Crippen LogP contribution < -0.4 is 9.64 Å². The van der Waals surface area contributed by atoms with E-state index in [9.17, 15) is 9.59 Å². The maximum atomic E-state index is 14.2. The summed E-state index contributed by atoms with van der Waals surface area (Å²) >= 11 is 0. The quantitative estimate of drug-likeness (QED) is 0.282. The molecule has 0 saturated heterocycles. The fraction of sp³-hybridized carbons (Fsp3) is 0.250. The van der Waals surface area contributed by atoms with Crippen LogP contribution in [-0.4, -0.2) is 41.0 Å². The van der Waals surface area contributed by atoms with Crippen molar-refractivity contribution in [2.24, 2.45) is 0 Å². The molecule has 1 aromatic heterocycles. The van der Waals surface area contributed by atoms with Gasteiger partial charge in [-0.05, 0) is 55.3 Å². The molecule has 5 rings (SSSR count). The minimum atomic E-state index is -0.309. The van der Waals surface area contributed by atoms with Gasteiger partial charge in [-0.3, -0.25) is 14.5 Å². The molecule has 3 aromatic carbocycles. The summed E-state index contributed by atoms with van der Waals surface area (Å²) in [5, 5.41) is 0. The molecule has 6 nitrogen and oxygen atoms in total. The molecule has 0 spiro atoms. The van der Waals surface area contributed by atoms with Gasteiger partial charge in [-0.25, -0.2) is 0 Å². The molecule has 2 amide bonds. The van der Waals surface area contributed by atoms with Gasteiger partial charge in [0.05, 0.1) is 17.1 Å². The van der Waals surface area contributed by atoms with E-state index in [2.05, 4.69) is 48.7 Å². The predicted molar refractivity (Wildman–Crippen MR) is 150 cm³/mol. The summed E-state index contributed by atoms with van der Waals surface area (Å²) in [6, 6.07) is 29.3. The lowest BCUT2D eigenvalue weighted by molar-refractivity contribution is -0.137. The van der Waals surface area contributed by atoms with Gasteiger partial charge >= 0.3 is 0 Å². The normalized spacial score (nSPS) is 13.9. The molecule has 1 aliphatic heterocycles. The Labute approximate surface area is 224 Å². The molecule has 0 N–H and O–H groups in total. The number of anilines is 1. The Morgan fingerprint density at radius 1 is 0.868 bits per heavy atom. The highest BCUT2D eigenvalue weighted by Crippen LogP contribution is 2.42. The van der Waals surface area contributed by atoms with Crippen molar-refractivity contribution in [2.75, 3.05) is 24.6 Å². The summed E-state index contributed by atoms with van der Waals surface area (Å²) in [7, 11) is 0. The third-order valence-corrected chi connectivity index (χ3v) is 6.95. The molecule has 6 heteroatoms. The van der Waals surface area contributed by atoms with Crippen molar-refractivity contribution in [3.05, 3.63) is 114 Å². The van der Waals surface area contributed by atoms with E-state index in [0.29, 0.717) is 12.3 Å². The summed E-state index contributed by atoms with van der Waals surface area (Å²) in [6.45, 7) is 4.50. The first-order chi connectivity index (χ1) is 18.6. The SMILES string of the molecule is CCCCN(CC(=O)N1c2ccccc2-n2cccc2C1c1ccc(C)cc1)C(=O)COc1ccccc1. The van der Waals surface area contributed by atoms with Gasteiger partial charge in [0, 0.05) is 12.7 Å². The Balaban J connectivity index is 1.46. The number of aromatic nitrogens is 1. The molecule has 0 bridgehead atoms. The second kappa shape index (κ2) is 11.4. The van der Waals surface area contributed by atoms with Crippen LogP contribution in [-0.2, 0) is 9.59 Å². The zero-order chi connectivity index (χ0) is 26.5. The number of ether oxygens (including phenoxy) is 1. The molecule has 0 aliphatic carbocycles. The average molecular weight is 508 g/mol. The Bertz CT molecular complexity index is 1390. The van der Waals surface area contributed by atoms with Gasteiger partial charge in [-0.15, -0.1) is 0 Å². The molecule has 194 valence electrons. The fourth-order valence-electron chi connectivity index (χ4n) is 4.96. The second-order valence-electron chi connectivity index (χ2n) is 9.64. The first-order valence-corrected chi connectivity index (χ1v) is 13.2. The van der Waals surface area contributed by atoms with Crippen LogP contribution in [0.3, 0.4) is 0 Å². The summed E-state index contributed by atoms with van der Waals surface area (Å²) in [5.74, 6) is 0.309. The highest BCUT2D eigenvalue weighted by atomic mass is 16.5. The lowest BCUT2D eigenvalue weighted by Crippen LogP contribution is -2.48. The third kappa shape index (κ3) is 5.21. The van der Waals surface area contributed by atoms with Crippen molar-refractivity contribution in [1.29, 1.82) is 0 Å². The Morgan fingerprint density at radius 2 is 1.58 bits per heavy atom. The van der Waals surface area contributed by atoms with Crippen molar-refractivity contribution < 1.29 is 14.3 Å². The van der Waals surface area contributed by atoms with Crippen LogP contribution in [0.4, 0.5) is 5.69 Å². The minimum absolute atomic E-state index is 0.0195. The van der Waals surface area contributed by atoms with Gasteiger partial charge in [0.2, 0.25) is 5.91 Å². The maximum absolute atomic E-state index is 14.2. The molecule has 0 saturated carbocycles. The van der Waals surface area contributed by atoms with Crippen LogP contribution in [0.1, 0.15) is 42.6 Å². The van der Waals surface area contributed by atoms with Gasteiger partial charge < -0.3 is 14.2 Å². The molecule has 0 fully saturated rings. The first-order valence-electron chi connectivity index (χ1n) is 13.2. The lowest BCUT2D eigenvalue weighted by Gasteiger charge is -2.39. The topological polar surface area (TPSA) is 54.8 Å². The number of para-hydroxylation sites is 3. The molecule has 2 heterocycles. The Morgan fingerprint density at radius 3 is 2.32 bits per heavy atom. The number of benzene rings is 3. The Kier molecular flexibility index (Phi) is 7.59. The molecule has 38 heavy (non-hydrogen) atoms. The van der Waals surface area contributed by atoms with E-state index in [1.165, 1.54) is 0 Å². The van der Waals surface area contributed by atoms with Gasteiger partial charge in [0.25, 0.3) is 5.91 Å². The van der Waals surface area contributed by atoms with Gasteiger partial charge in [-0.2, -0.15) is 0 Å². The average Bonchev–Trinajstić information content (AvgIpc) is 3.44. The number of carbonyl (C=O) groups is 2. The van der Waals surface area contributed by atoms with E-state index < -0.39 is 0 Å². The highest BCUT2D eigenvalue weighted by Gasteiger charge is 2.36. The van der Waals surface area contributed by atoms with Crippen molar-refractivity contribution in [3.63, 3.8) is 0 Å². The second-order valence-corrected chi connectivity index (χ2v) is 9.64. The number of unbranched alkanes of at least 4 members (excludes halogenated alkanes) is 1. The summed E-state index contributed by atoms with van der Waals surface area (Å²) < 4.78 is 7.88. The van der Waals surface area contributed by atoms with Gasteiger partial charge in [0.1, 0.15) is 18.3 Å². The number of hydrogen-bond acceptors (Lipinski definition) is 3. The maximum Gasteiger partial charge on any atom is 0.260 e. The van der Waals surface area contributed by atoms with E-state index in [-0.39, 0.29) is 31.0 Å². The van der Waals surface area contributed by atoms with Crippen molar-refractivity contribution in [1.82, 2.24) is 9.47 Å². The zero-order valence-corrected chi connectivity index (χ0v) is 21.9. The van der Waals surface area contributed by atoms with Crippen molar-refractivity contribution in [3.8, 4) is 11.4 Å². The van der Waals surface area contributed by atoms with Crippen LogP contribution in [0, 0.1) is 6.92 Å². The number of carbonyl (C=O) groups excluding carboxylic acids is 2. The number of rotatable bonds is 9. The van der Waals surface area contributed by atoms with Crippen molar-refractivity contribution in [2.45, 2.75) is 32.7 Å². The summed E-state index contributed by atoms with van der Waals surface area (Å²) in [6.07, 6.45) is 3.77. The number of nitrogens with zero attached hydrogens (tertiary/aromatic N) is 3. The van der Waals surface area contributed by atoms with Crippen LogP contribution in [0.2, 0.25) is 0 Å². The number of aryl methyl sites for hydroxylation is 1. The van der Waals surface area contributed by atoms with E-state index in [0.717, 1.165) is 41.0 Å². The first kappa shape index (κ1) is 25.3. The number of amides is 2.